The van der Waals surface area contributed by atoms with E-state index in [9.17, 15) is 22.8 Å². The van der Waals surface area contributed by atoms with Crippen molar-refractivity contribution in [1.82, 2.24) is 14.9 Å². The smallest absolute Gasteiger partial charge is 0.319 e. The second kappa shape index (κ2) is 11.4. The highest BCUT2D eigenvalue weighted by Gasteiger charge is 2.50. The zero-order valence-electron chi connectivity index (χ0n) is 24.8. The third-order valence-electron chi connectivity index (χ3n) is 10.0. The summed E-state index contributed by atoms with van der Waals surface area (Å²) in [6.07, 6.45) is -2.07. The van der Waals surface area contributed by atoms with E-state index < -0.39 is 54.4 Å². The molecule has 0 bridgehead atoms. The van der Waals surface area contributed by atoms with Crippen LogP contribution in [0, 0.1) is 32.5 Å². The molecule has 5 atom stereocenters. The molecule has 8 rings (SSSR count). The van der Waals surface area contributed by atoms with Gasteiger partial charge in [-0.15, -0.1) is 11.3 Å². The van der Waals surface area contributed by atoms with Crippen molar-refractivity contribution in [2.45, 2.75) is 62.4 Å². The van der Waals surface area contributed by atoms with Crippen LogP contribution in [0.4, 0.5) is 32.8 Å². The van der Waals surface area contributed by atoms with Gasteiger partial charge in [0.2, 0.25) is 0 Å². The van der Waals surface area contributed by atoms with Gasteiger partial charge in [-0.2, -0.15) is 15.2 Å². The number of fused-ring (bicyclic) bond motifs is 3. The van der Waals surface area contributed by atoms with Gasteiger partial charge < -0.3 is 20.1 Å². The molecule has 3 fully saturated rings. The Morgan fingerprint density at radius 1 is 1.26 bits per heavy atom. The minimum atomic E-state index is -2.78. The fourth-order valence-corrected chi connectivity index (χ4v) is 9.83. The summed E-state index contributed by atoms with van der Waals surface area (Å²) in [6, 6.07) is 5.64. The molecule has 1 saturated carbocycles. The van der Waals surface area contributed by atoms with Crippen molar-refractivity contribution in [3.8, 4) is 29.0 Å². The molecule has 246 valence electrons. The number of nitriles is 1. The van der Waals surface area contributed by atoms with Crippen LogP contribution in [0.25, 0.3) is 32.1 Å². The molecule has 4 aromatic rings. The molecular weight excluding hydrogens is 754 g/mol. The van der Waals surface area contributed by atoms with E-state index in [1.165, 1.54) is 17.0 Å². The Morgan fingerprint density at radius 2 is 2.09 bits per heavy atom. The number of aromatic nitrogens is 2. The first-order valence-corrected chi connectivity index (χ1v) is 17.3. The number of anilines is 2. The third kappa shape index (κ3) is 4.96. The number of ether oxygens (including phenoxy) is 2. The van der Waals surface area contributed by atoms with E-state index in [2.05, 4.69) is 20.9 Å². The van der Waals surface area contributed by atoms with Crippen molar-refractivity contribution in [2.75, 3.05) is 36.9 Å². The number of hydrogen-bond donors (Lipinski definition) is 1. The number of nitrogen functional groups attached to an aromatic ring is 1. The standard InChI is InChI=1S/C32H28F5IN6O2S/c33-15-9-32(4-1-5-43(32)11-15)13-45-31-41-27-24-28(46-20-7-14(10-39)6-19(20)44(12-21(35)36)30(24)42-31)26(38)23(25(27)37)16-2-3-18(34)29-17(16)8-22(40)47-29/h2-3,8,14-15,19-21H,1,4-7,9,11-13,40H2/t14?,15-,19?,20?,32+/m1/s1. The zero-order chi connectivity index (χ0) is 32.8. The second-order valence-corrected chi connectivity index (χ2v) is 15.0. The highest BCUT2D eigenvalue weighted by Crippen LogP contribution is 2.51. The molecule has 4 aliphatic rings. The van der Waals surface area contributed by atoms with Gasteiger partial charge >= 0.3 is 6.01 Å². The highest BCUT2D eigenvalue weighted by atomic mass is 127. The van der Waals surface area contributed by atoms with Crippen LogP contribution in [-0.2, 0) is 0 Å². The number of halogens is 6. The molecule has 47 heavy (non-hydrogen) atoms. The summed E-state index contributed by atoms with van der Waals surface area (Å²) < 4.78 is 88.2. The van der Waals surface area contributed by atoms with Crippen LogP contribution in [0.2, 0.25) is 0 Å². The molecule has 3 unspecified atom stereocenters. The third-order valence-corrected chi connectivity index (χ3v) is 12.0. The van der Waals surface area contributed by atoms with E-state index in [0.29, 0.717) is 32.5 Å². The molecular formula is C32H28F5IN6O2S. The average Bonchev–Trinajstić information content (AvgIpc) is 3.78. The summed E-state index contributed by atoms with van der Waals surface area (Å²) in [5.41, 5.74) is 5.71. The summed E-state index contributed by atoms with van der Waals surface area (Å²) >= 11 is 3.00. The maximum atomic E-state index is 17.1. The molecule has 2 saturated heterocycles. The van der Waals surface area contributed by atoms with Crippen LogP contribution >= 0.6 is 33.9 Å². The molecule has 15 heteroatoms. The number of alkyl halides is 3. The molecule has 8 nitrogen and oxygen atoms in total. The Kier molecular flexibility index (Phi) is 7.56. The zero-order valence-corrected chi connectivity index (χ0v) is 27.8. The molecule has 1 aliphatic carbocycles. The topological polar surface area (TPSA) is 101 Å². The molecule has 0 spiro atoms. The SMILES string of the molecule is N#CC1CC2Oc3c(I)c(-c4ccc(F)c5sc(N)cc45)c(F)c4nc(OC[C@@]56CCCN5C[C@H](F)C6)nc(c34)N(CC(F)F)C2C1. The van der Waals surface area contributed by atoms with E-state index in [-0.39, 0.29) is 64.6 Å². The van der Waals surface area contributed by atoms with Crippen LogP contribution in [0.1, 0.15) is 32.1 Å². The van der Waals surface area contributed by atoms with Gasteiger partial charge in [0.15, 0.2) is 5.82 Å². The van der Waals surface area contributed by atoms with Gasteiger partial charge in [0.05, 0.1) is 48.8 Å². The lowest BCUT2D eigenvalue weighted by Gasteiger charge is -2.32. The van der Waals surface area contributed by atoms with Crippen LogP contribution in [0.5, 0.6) is 11.8 Å². The van der Waals surface area contributed by atoms with E-state index >= 15 is 4.39 Å². The first-order valence-electron chi connectivity index (χ1n) is 15.4. The van der Waals surface area contributed by atoms with Crippen molar-refractivity contribution in [3.05, 3.63) is 33.4 Å². The first-order chi connectivity index (χ1) is 22.6. The maximum Gasteiger partial charge on any atom is 0.319 e. The highest BCUT2D eigenvalue weighted by molar-refractivity contribution is 14.1. The van der Waals surface area contributed by atoms with Gasteiger partial charge in [0.25, 0.3) is 6.43 Å². The summed E-state index contributed by atoms with van der Waals surface area (Å²) in [6.45, 7) is 0.344. The van der Waals surface area contributed by atoms with Gasteiger partial charge in [-0.25, -0.2) is 22.0 Å². The van der Waals surface area contributed by atoms with Crippen LogP contribution < -0.4 is 20.1 Å². The minimum Gasteiger partial charge on any atom is -0.486 e. The van der Waals surface area contributed by atoms with Crippen molar-refractivity contribution >= 4 is 65.7 Å². The van der Waals surface area contributed by atoms with E-state index in [4.69, 9.17) is 15.2 Å². The summed E-state index contributed by atoms with van der Waals surface area (Å²) in [4.78, 5) is 12.6. The van der Waals surface area contributed by atoms with Crippen molar-refractivity contribution in [3.63, 3.8) is 0 Å². The number of hydrogen-bond acceptors (Lipinski definition) is 9. The predicted octanol–water partition coefficient (Wildman–Crippen LogP) is 7.07. The minimum absolute atomic E-state index is 0.0226. The van der Waals surface area contributed by atoms with Crippen molar-refractivity contribution in [1.29, 1.82) is 5.26 Å². The van der Waals surface area contributed by atoms with Crippen LogP contribution in [0.15, 0.2) is 18.2 Å². The van der Waals surface area contributed by atoms with Gasteiger partial charge in [-0.05, 0) is 66.1 Å². The monoisotopic (exact) mass is 782 g/mol. The number of rotatable bonds is 6. The maximum absolute atomic E-state index is 17.1. The molecule has 2 aromatic carbocycles. The Hall–Kier alpha value is -3.23. The van der Waals surface area contributed by atoms with Crippen LogP contribution in [0.3, 0.4) is 0 Å². The van der Waals surface area contributed by atoms with Crippen LogP contribution in [-0.4, -0.2) is 71.4 Å². The number of nitrogens with zero attached hydrogens (tertiary/aromatic N) is 5. The Balaban J connectivity index is 1.35. The quantitative estimate of drug-likeness (QED) is 0.164. The molecule has 3 aliphatic heterocycles. The molecule has 2 N–H and O–H groups in total. The van der Waals surface area contributed by atoms with E-state index in [0.717, 1.165) is 24.3 Å². The van der Waals surface area contributed by atoms with Gasteiger partial charge in [-0.3, -0.25) is 4.90 Å². The van der Waals surface area contributed by atoms with Gasteiger partial charge in [0, 0.05) is 30.3 Å². The number of benzene rings is 2. The van der Waals surface area contributed by atoms with Crippen molar-refractivity contribution < 1.29 is 31.4 Å². The molecule has 0 radical (unpaired) electrons. The Bertz CT molecular complexity index is 1970. The van der Waals surface area contributed by atoms with E-state index in [1.54, 1.807) is 6.07 Å². The van der Waals surface area contributed by atoms with Gasteiger partial charge in [0.1, 0.15) is 41.8 Å². The molecule has 2 aromatic heterocycles. The van der Waals surface area contributed by atoms with E-state index in [1.807, 2.05) is 22.6 Å². The fourth-order valence-electron chi connectivity index (χ4n) is 8.05. The van der Waals surface area contributed by atoms with Gasteiger partial charge in [-0.1, -0.05) is 6.07 Å². The lowest BCUT2D eigenvalue weighted by molar-refractivity contribution is 0.107. The summed E-state index contributed by atoms with van der Waals surface area (Å²) in [7, 11) is 0. The lowest BCUT2D eigenvalue weighted by atomic mass is 9.95. The second-order valence-electron chi connectivity index (χ2n) is 12.8. The van der Waals surface area contributed by atoms with Crippen molar-refractivity contribution in [2.24, 2.45) is 5.92 Å². The normalized spacial score (nSPS) is 26.9. The first kappa shape index (κ1) is 31.1. The largest absolute Gasteiger partial charge is 0.486 e. The number of nitrogens with two attached hydrogens (primary N) is 1. The summed E-state index contributed by atoms with van der Waals surface area (Å²) in [5, 5.41) is 10.6. The lowest BCUT2D eigenvalue weighted by Crippen LogP contribution is -2.45. The average molecular weight is 783 g/mol. The Morgan fingerprint density at radius 3 is 2.87 bits per heavy atom. The number of thiophene rings is 1. The molecule has 5 heterocycles. The predicted molar refractivity (Wildman–Crippen MR) is 176 cm³/mol. The fraction of sp³-hybridized carbons (Fsp3) is 0.469. The Labute approximate surface area is 283 Å². The summed E-state index contributed by atoms with van der Waals surface area (Å²) in [5.74, 6) is -1.52. The molecule has 0 amide bonds.